The Morgan fingerprint density at radius 1 is 1.00 bits per heavy atom. The highest BCUT2D eigenvalue weighted by molar-refractivity contribution is 14.1. The van der Waals surface area contributed by atoms with E-state index in [0.717, 1.165) is 10.7 Å². The average Bonchev–Trinajstić information content (AvgIpc) is 2.14. The molecule has 0 rings (SSSR count). The summed E-state index contributed by atoms with van der Waals surface area (Å²) in [6, 6.07) is 0. The molecule has 0 heterocycles. The van der Waals surface area contributed by atoms with Gasteiger partial charge in [-0.25, -0.2) is 0 Å². The van der Waals surface area contributed by atoms with Gasteiger partial charge < -0.3 is 4.74 Å². The number of hydrogen-bond donors (Lipinski definition) is 0. The summed E-state index contributed by atoms with van der Waals surface area (Å²) in [5, 5.41) is 1.98. The van der Waals surface area contributed by atoms with Crippen LogP contribution in [0.3, 0.4) is 0 Å². The monoisotopic (exact) mass is 538 g/mol. The van der Waals surface area contributed by atoms with Crippen LogP contribution in [-0.4, -0.2) is 30.7 Å². The molecule has 0 aliphatic rings. The molecule has 0 amide bonds. The van der Waals surface area contributed by atoms with Crippen LogP contribution in [0, 0.1) is 0 Å². The van der Waals surface area contributed by atoms with Crippen LogP contribution in [0.2, 0.25) is 0 Å². The predicted molar refractivity (Wildman–Crippen MR) is 83.2 cm³/mol. The van der Waals surface area contributed by atoms with Crippen molar-refractivity contribution in [1.82, 2.24) is 0 Å². The van der Waals surface area contributed by atoms with Crippen LogP contribution in [0.1, 0.15) is 13.8 Å². The minimum absolute atomic E-state index is 0.311. The Hall–Kier alpha value is 2.38. The van der Waals surface area contributed by atoms with Crippen LogP contribution >= 0.6 is 77.0 Å². The van der Waals surface area contributed by atoms with Crippen LogP contribution in [0.5, 0.6) is 0 Å². The molecule has 0 saturated carbocycles. The maximum Gasteiger partial charge on any atom is 0.0676 e. The van der Waals surface area contributed by atoms with Gasteiger partial charge in [0.15, 0.2) is 0 Å². The van der Waals surface area contributed by atoms with Gasteiger partial charge in [-0.15, -0.1) is 0 Å². The molecule has 0 aliphatic carbocycles. The number of ether oxygens (including phenoxy) is 1. The van der Waals surface area contributed by atoms with Crippen LogP contribution in [-0.2, 0) is 4.74 Å². The SMILES string of the molecule is CC(OC(C)C(I)CBr)C(I)CBr. The maximum atomic E-state index is 5.88. The zero-order valence-electron chi connectivity index (χ0n) is 7.64. The van der Waals surface area contributed by atoms with Crippen LogP contribution in [0.25, 0.3) is 0 Å². The topological polar surface area (TPSA) is 9.23 Å². The molecular weight excluding hydrogens is 526 g/mol. The van der Waals surface area contributed by atoms with Gasteiger partial charge in [-0.2, -0.15) is 0 Å². The molecular formula is C8H14Br2I2O. The molecule has 0 bridgehead atoms. The Morgan fingerprint density at radius 3 is 1.54 bits per heavy atom. The van der Waals surface area contributed by atoms with E-state index in [1.165, 1.54) is 0 Å². The Bertz CT molecular complexity index is 123. The zero-order chi connectivity index (χ0) is 10.4. The minimum atomic E-state index is 0.311. The fraction of sp³-hybridized carbons (Fsp3) is 1.00. The quantitative estimate of drug-likeness (QED) is 0.364. The van der Waals surface area contributed by atoms with Crippen LogP contribution < -0.4 is 0 Å². The van der Waals surface area contributed by atoms with Gasteiger partial charge in [0.2, 0.25) is 0 Å². The Labute approximate surface area is 125 Å². The molecule has 0 saturated heterocycles. The summed E-state index contributed by atoms with van der Waals surface area (Å²) in [4.78, 5) is 0. The first kappa shape index (κ1) is 15.4. The predicted octanol–water partition coefficient (Wildman–Crippen LogP) is 4.18. The van der Waals surface area contributed by atoms with Crippen molar-refractivity contribution in [2.24, 2.45) is 0 Å². The van der Waals surface area contributed by atoms with Crippen molar-refractivity contribution in [2.75, 3.05) is 10.7 Å². The molecule has 5 heteroatoms. The van der Waals surface area contributed by atoms with Gasteiger partial charge in [-0.1, -0.05) is 77.0 Å². The Morgan fingerprint density at radius 2 is 1.31 bits per heavy atom. The summed E-state index contributed by atoms with van der Waals surface area (Å²) < 4.78 is 6.96. The van der Waals surface area contributed by atoms with E-state index >= 15 is 0 Å². The summed E-state index contributed by atoms with van der Waals surface area (Å²) in [5.41, 5.74) is 0. The molecule has 0 spiro atoms. The molecule has 0 aromatic carbocycles. The fourth-order valence-corrected chi connectivity index (χ4v) is 2.15. The molecule has 0 N–H and O–H groups in total. The second kappa shape index (κ2) is 8.52. The van der Waals surface area contributed by atoms with Crippen molar-refractivity contribution in [2.45, 2.75) is 33.9 Å². The maximum absolute atomic E-state index is 5.88. The standard InChI is InChI=1S/C8H14Br2I2O/c1-5(7(11)3-9)13-6(2)8(12)4-10/h5-8H,3-4H2,1-2H3. The highest BCUT2D eigenvalue weighted by Gasteiger charge is 2.20. The second-order valence-corrected chi connectivity index (χ2v) is 7.38. The molecule has 0 fully saturated rings. The van der Waals surface area contributed by atoms with E-state index in [4.69, 9.17) is 4.74 Å². The lowest BCUT2D eigenvalue weighted by Gasteiger charge is -2.24. The highest BCUT2D eigenvalue weighted by Crippen LogP contribution is 2.19. The summed E-state index contributed by atoms with van der Waals surface area (Å²) in [6.07, 6.45) is 0.623. The first-order valence-electron chi connectivity index (χ1n) is 4.08. The van der Waals surface area contributed by atoms with Crippen molar-refractivity contribution in [3.05, 3.63) is 0 Å². The lowest BCUT2D eigenvalue weighted by atomic mass is 10.2. The first-order chi connectivity index (χ1) is 6.02. The van der Waals surface area contributed by atoms with E-state index in [1.807, 2.05) is 0 Å². The summed E-state index contributed by atoms with van der Waals surface area (Å²) >= 11 is 11.8. The van der Waals surface area contributed by atoms with Gasteiger partial charge in [0, 0.05) is 18.5 Å². The van der Waals surface area contributed by atoms with Crippen LogP contribution in [0.15, 0.2) is 0 Å². The van der Waals surface area contributed by atoms with Gasteiger partial charge in [0.25, 0.3) is 0 Å². The van der Waals surface area contributed by atoms with E-state index in [-0.39, 0.29) is 0 Å². The molecule has 0 aromatic rings. The molecule has 4 atom stereocenters. The van der Waals surface area contributed by atoms with E-state index in [2.05, 4.69) is 90.9 Å². The molecule has 0 radical (unpaired) electrons. The third-order valence-electron chi connectivity index (χ3n) is 1.74. The normalized spacial score (nSPS) is 20.8. The lowest BCUT2D eigenvalue weighted by molar-refractivity contribution is 0.0170. The van der Waals surface area contributed by atoms with Gasteiger partial charge >= 0.3 is 0 Å². The van der Waals surface area contributed by atoms with E-state index in [9.17, 15) is 0 Å². The molecule has 0 aliphatic heterocycles. The van der Waals surface area contributed by atoms with Crippen molar-refractivity contribution in [3.63, 3.8) is 0 Å². The van der Waals surface area contributed by atoms with Gasteiger partial charge in [0.05, 0.1) is 12.2 Å². The molecule has 80 valence electrons. The molecule has 4 unspecified atom stereocenters. The number of hydrogen-bond acceptors (Lipinski definition) is 1. The number of halogens is 4. The summed E-state index contributed by atoms with van der Waals surface area (Å²) in [7, 11) is 0. The minimum Gasteiger partial charge on any atom is -0.373 e. The summed E-state index contributed by atoms with van der Waals surface area (Å²) in [5.74, 6) is 0. The highest BCUT2D eigenvalue weighted by atomic mass is 127. The third kappa shape index (κ3) is 6.52. The van der Waals surface area contributed by atoms with Gasteiger partial charge in [0.1, 0.15) is 0 Å². The smallest absolute Gasteiger partial charge is 0.0676 e. The van der Waals surface area contributed by atoms with Crippen molar-refractivity contribution in [3.8, 4) is 0 Å². The zero-order valence-corrected chi connectivity index (χ0v) is 15.1. The van der Waals surface area contributed by atoms with E-state index < -0.39 is 0 Å². The molecule has 0 aromatic heterocycles. The van der Waals surface area contributed by atoms with Crippen LogP contribution in [0.4, 0.5) is 0 Å². The van der Waals surface area contributed by atoms with Crippen molar-refractivity contribution >= 4 is 77.0 Å². The van der Waals surface area contributed by atoms with E-state index in [0.29, 0.717) is 20.1 Å². The average molecular weight is 540 g/mol. The summed E-state index contributed by atoms with van der Waals surface area (Å²) in [6.45, 7) is 4.26. The van der Waals surface area contributed by atoms with Crippen molar-refractivity contribution < 1.29 is 4.74 Å². The fourth-order valence-electron chi connectivity index (χ4n) is 0.760. The Kier molecular flexibility index (Phi) is 10.1. The largest absolute Gasteiger partial charge is 0.373 e. The number of alkyl halides is 4. The van der Waals surface area contributed by atoms with Crippen molar-refractivity contribution in [1.29, 1.82) is 0 Å². The Balaban J connectivity index is 3.83. The molecule has 1 nitrogen and oxygen atoms in total. The van der Waals surface area contributed by atoms with E-state index in [1.54, 1.807) is 0 Å². The van der Waals surface area contributed by atoms with Gasteiger partial charge in [-0.05, 0) is 13.8 Å². The molecule has 13 heavy (non-hydrogen) atoms. The first-order valence-corrected chi connectivity index (χ1v) is 8.81. The second-order valence-electron chi connectivity index (χ2n) is 2.89. The number of rotatable bonds is 6. The third-order valence-corrected chi connectivity index (χ3v) is 8.47. The lowest BCUT2D eigenvalue weighted by Crippen LogP contribution is -2.31. The van der Waals surface area contributed by atoms with Gasteiger partial charge in [-0.3, -0.25) is 0 Å².